The number of aromatic nitrogens is 2. The van der Waals surface area contributed by atoms with E-state index in [1.807, 2.05) is 0 Å². The lowest BCUT2D eigenvalue weighted by molar-refractivity contribution is -0.122. The van der Waals surface area contributed by atoms with Gasteiger partial charge in [-0.3, -0.25) is 23.9 Å². The van der Waals surface area contributed by atoms with Gasteiger partial charge in [0.05, 0.1) is 18.3 Å². The van der Waals surface area contributed by atoms with E-state index in [9.17, 15) is 19.2 Å². The number of ether oxygens (including phenoxy) is 1. The lowest BCUT2D eigenvalue weighted by Gasteiger charge is -2.46. The summed E-state index contributed by atoms with van der Waals surface area (Å²) in [6.07, 6.45) is 13.7. The zero-order valence-electron chi connectivity index (χ0n) is 42.9. The molecular formula is C49H89N6O9PSi. The van der Waals surface area contributed by atoms with Gasteiger partial charge in [0.25, 0.3) is 14.1 Å². The minimum absolute atomic E-state index is 0.0384. The van der Waals surface area contributed by atoms with Crippen LogP contribution in [0.25, 0.3) is 4.85 Å². The van der Waals surface area contributed by atoms with Crippen molar-refractivity contribution in [2.75, 3.05) is 32.8 Å². The SMILES string of the molecule is [C-]#[N+]CCOP(OC1C[C@H](n2cc(C)c(=O)[nH]c2=O)O[C@@H]1CO[Si](OC(CC)(CC)CCC(=O)NCCCCCCCCCCCCNC(=O)C(=C)C)(C(C)C)C(C)C)N(C(C)C)C(C)C. The molecule has 2 amide bonds. The number of hydrogen-bond acceptors (Lipinski definition) is 10. The summed E-state index contributed by atoms with van der Waals surface area (Å²) >= 11 is 0. The molecule has 0 aromatic carbocycles. The number of H-pyrrole nitrogens is 1. The molecule has 2 heterocycles. The van der Waals surface area contributed by atoms with Gasteiger partial charge in [-0.2, -0.15) is 0 Å². The smallest absolute Gasteiger partial charge is 0.343 e. The third-order valence-corrected chi connectivity index (χ3v) is 19.4. The quantitative estimate of drug-likeness (QED) is 0.0196. The van der Waals surface area contributed by atoms with Crippen LogP contribution in [0.2, 0.25) is 11.1 Å². The van der Waals surface area contributed by atoms with Gasteiger partial charge in [-0.15, -0.1) is 0 Å². The highest BCUT2D eigenvalue weighted by molar-refractivity contribution is 7.44. The minimum atomic E-state index is -3.09. The molecular weight excluding hydrogens is 876 g/mol. The zero-order valence-corrected chi connectivity index (χ0v) is 44.8. The average molecular weight is 965 g/mol. The van der Waals surface area contributed by atoms with Crippen molar-refractivity contribution in [1.29, 1.82) is 0 Å². The van der Waals surface area contributed by atoms with Gasteiger partial charge >= 0.3 is 14.3 Å². The number of aromatic amines is 1. The molecule has 1 aromatic heterocycles. The van der Waals surface area contributed by atoms with Crippen molar-refractivity contribution < 1.29 is 32.2 Å². The highest BCUT2D eigenvalue weighted by Gasteiger charge is 2.52. The van der Waals surface area contributed by atoms with Crippen molar-refractivity contribution in [2.24, 2.45) is 0 Å². The predicted molar refractivity (Wildman–Crippen MR) is 268 cm³/mol. The lowest BCUT2D eigenvalue weighted by Crippen LogP contribution is -2.56. The standard InChI is InChI=1S/C49H89N6O9PSi/c1-15-49(16-2,28-27-44(56)51-29-25-23-21-19-17-18-20-22-24-26-30-52-46(57)36(3)4)64-66(39(9)10,40(11)12)61-35-43-42(33-45(62-43)54-34-41(13)47(58)53-48(54)59)63-65(60-32-31-50-14)55(37(5)6)38(7)8/h34,37-40,42-43,45H,3,15-33,35H2,1-2,4-13H3,(H,51,56)(H,52,57)(H,53,58,59)/t42?,43-,45-,65?/m1/s1. The number of nitrogens with zero attached hydrogens (tertiary/aromatic N) is 3. The summed E-state index contributed by atoms with van der Waals surface area (Å²) in [7, 11) is -4.72. The second-order valence-electron chi connectivity index (χ2n) is 19.3. The maximum Gasteiger partial charge on any atom is 0.343 e. The number of nitrogens with one attached hydrogen (secondary N) is 3. The summed E-state index contributed by atoms with van der Waals surface area (Å²) in [5.74, 6) is -0.0199. The molecule has 1 saturated heterocycles. The molecule has 2 rings (SSSR count). The fraction of sp³-hybridized carbons (Fsp3) is 0.816. The first kappa shape index (κ1) is 59.4. The Morgan fingerprint density at radius 1 is 0.955 bits per heavy atom. The van der Waals surface area contributed by atoms with Gasteiger partial charge in [0.2, 0.25) is 18.4 Å². The molecule has 4 atom stereocenters. The van der Waals surface area contributed by atoms with Crippen LogP contribution in [0.3, 0.4) is 0 Å². The van der Waals surface area contributed by atoms with Gasteiger partial charge in [0, 0.05) is 55.3 Å². The first-order chi connectivity index (χ1) is 31.3. The molecule has 15 nitrogen and oxygen atoms in total. The van der Waals surface area contributed by atoms with Gasteiger partial charge < -0.3 is 38.1 Å². The van der Waals surface area contributed by atoms with E-state index in [1.54, 1.807) is 13.8 Å². The molecule has 1 aliphatic heterocycles. The van der Waals surface area contributed by atoms with Crippen LogP contribution in [-0.2, 0) is 32.2 Å². The van der Waals surface area contributed by atoms with Gasteiger partial charge in [-0.05, 0) is 84.7 Å². The molecule has 0 bridgehead atoms. The van der Waals surface area contributed by atoms with Gasteiger partial charge in [0.15, 0.2) is 0 Å². The van der Waals surface area contributed by atoms with Crippen LogP contribution in [0.4, 0.5) is 0 Å². The number of amides is 2. The Balaban J connectivity index is 2.11. The summed E-state index contributed by atoms with van der Waals surface area (Å²) in [5.41, 5.74) is -0.555. The summed E-state index contributed by atoms with van der Waals surface area (Å²) in [6.45, 7) is 37.5. The first-order valence-electron chi connectivity index (χ1n) is 25.0. The number of hydrogen-bond donors (Lipinski definition) is 3. The summed E-state index contributed by atoms with van der Waals surface area (Å²) < 4.78 is 38.0. The van der Waals surface area contributed by atoms with Crippen molar-refractivity contribution >= 4 is 28.9 Å². The van der Waals surface area contributed by atoms with E-state index in [-0.39, 0.29) is 54.7 Å². The molecule has 378 valence electrons. The van der Waals surface area contributed by atoms with E-state index in [0.29, 0.717) is 43.5 Å². The Morgan fingerprint density at radius 2 is 1.50 bits per heavy atom. The van der Waals surface area contributed by atoms with Gasteiger partial charge in [-0.1, -0.05) is 99.5 Å². The van der Waals surface area contributed by atoms with Crippen LogP contribution in [0, 0.1) is 13.5 Å². The summed E-state index contributed by atoms with van der Waals surface area (Å²) in [4.78, 5) is 56.2. The highest BCUT2D eigenvalue weighted by atomic mass is 31.2. The average Bonchev–Trinajstić information content (AvgIpc) is 3.66. The number of unbranched alkanes of at least 4 members (excludes halogenated alkanes) is 9. The molecule has 1 fully saturated rings. The highest BCUT2D eigenvalue weighted by Crippen LogP contribution is 2.50. The molecule has 3 N–H and O–H groups in total. The molecule has 0 saturated carbocycles. The number of carbonyl (C=O) groups is 2. The molecule has 2 unspecified atom stereocenters. The predicted octanol–water partition coefficient (Wildman–Crippen LogP) is 10.1. The number of rotatable bonds is 35. The topological polar surface area (TPSA) is 167 Å². The number of aryl methyl sites for hydroxylation is 1. The molecule has 0 spiro atoms. The van der Waals surface area contributed by atoms with E-state index < -0.39 is 52.4 Å². The van der Waals surface area contributed by atoms with Gasteiger partial charge in [-0.25, -0.2) is 16.0 Å². The van der Waals surface area contributed by atoms with Crippen LogP contribution in [0.15, 0.2) is 27.9 Å². The molecule has 0 aliphatic carbocycles. The van der Waals surface area contributed by atoms with E-state index in [2.05, 4.69) is 101 Å². The van der Waals surface area contributed by atoms with E-state index >= 15 is 0 Å². The minimum Gasteiger partial charge on any atom is -0.391 e. The van der Waals surface area contributed by atoms with Crippen LogP contribution >= 0.6 is 8.53 Å². The van der Waals surface area contributed by atoms with E-state index in [4.69, 9.17) is 29.2 Å². The lowest BCUT2D eigenvalue weighted by atomic mass is 9.92. The van der Waals surface area contributed by atoms with Crippen molar-refractivity contribution in [3.05, 3.63) is 56.2 Å². The van der Waals surface area contributed by atoms with Crippen LogP contribution in [0.5, 0.6) is 0 Å². The van der Waals surface area contributed by atoms with Crippen molar-refractivity contribution in [1.82, 2.24) is 24.9 Å². The Morgan fingerprint density at radius 3 is 2.00 bits per heavy atom. The monoisotopic (exact) mass is 965 g/mol. The number of carbonyl (C=O) groups excluding carboxylic acids is 2. The largest absolute Gasteiger partial charge is 0.391 e. The Labute approximate surface area is 400 Å². The normalized spacial score (nSPS) is 17.3. The summed E-state index contributed by atoms with van der Waals surface area (Å²) in [6, 6.07) is 0.164. The summed E-state index contributed by atoms with van der Waals surface area (Å²) in [5, 5.41) is 6.06. The second-order valence-corrected chi connectivity index (χ2v) is 24.9. The molecule has 66 heavy (non-hydrogen) atoms. The molecule has 1 aromatic rings. The molecule has 17 heteroatoms. The van der Waals surface area contributed by atoms with Gasteiger partial charge in [0.1, 0.15) is 18.9 Å². The maximum atomic E-state index is 13.3. The third-order valence-electron chi connectivity index (χ3n) is 12.7. The second kappa shape index (κ2) is 30.7. The van der Waals surface area contributed by atoms with Crippen LogP contribution in [0.1, 0.15) is 184 Å². The Kier molecular flexibility index (Phi) is 27.6. The van der Waals surface area contributed by atoms with Crippen LogP contribution < -0.4 is 21.9 Å². The third kappa shape index (κ3) is 19.3. The van der Waals surface area contributed by atoms with Crippen molar-refractivity contribution in [2.45, 2.75) is 227 Å². The van der Waals surface area contributed by atoms with E-state index in [1.165, 1.54) is 49.3 Å². The Bertz CT molecular complexity index is 1750. The fourth-order valence-electron chi connectivity index (χ4n) is 8.63. The maximum absolute atomic E-state index is 13.3. The van der Waals surface area contributed by atoms with E-state index in [0.717, 1.165) is 38.5 Å². The Hall–Kier alpha value is -2.74. The van der Waals surface area contributed by atoms with Crippen LogP contribution in [-0.4, -0.2) is 97.3 Å². The fourth-order valence-corrected chi connectivity index (χ4v) is 14.4. The molecule has 0 radical (unpaired) electrons. The van der Waals surface area contributed by atoms with Crippen molar-refractivity contribution in [3.63, 3.8) is 0 Å². The molecule has 1 aliphatic rings. The first-order valence-corrected chi connectivity index (χ1v) is 28.1. The van der Waals surface area contributed by atoms with Crippen molar-refractivity contribution in [3.8, 4) is 0 Å². The zero-order chi connectivity index (χ0) is 49.5.